The number of carbonyl (C=O) groups excluding carboxylic acids is 1. The Morgan fingerprint density at radius 1 is 1.05 bits per heavy atom. The third-order valence-corrected chi connectivity index (χ3v) is 10.8. The van der Waals surface area contributed by atoms with Gasteiger partial charge in [0.1, 0.15) is 11.3 Å². The number of sulfone groups is 1. The van der Waals surface area contributed by atoms with Crippen LogP contribution >= 0.6 is 0 Å². The molecule has 5 rings (SSSR count). The average Bonchev–Trinajstić information content (AvgIpc) is 3.31. The number of ether oxygens (including phenoxy) is 1. The monoisotopic (exact) mass is 605 g/mol. The van der Waals surface area contributed by atoms with E-state index in [4.69, 9.17) is 4.74 Å². The number of H-pyrrole nitrogens is 1. The van der Waals surface area contributed by atoms with Crippen molar-refractivity contribution in [1.29, 1.82) is 0 Å². The number of aromatic nitrogens is 2. The van der Waals surface area contributed by atoms with E-state index in [2.05, 4.69) is 9.97 Å². The summed E-state index contributed by atoms with van der Waals surface area (Å²) >= 11 is 0. The lowest BCUT2D eigenvalue weighted by atomic mass is 9.72. The first-order valence-electron chi connectivity index (χ1n) is 14.1. The molecule has 41 heavy (non-hydrogen) atoms. The van der Waals surface area contributed by atoms with E-state index in [1.165, 1.54) is 6.07 Å². The highest BCUT2D eigenvalue weighted by Gasteiger charge is 2.54. The number of fused-ring (bicyclic) bond motifs is 1. The zero-order valence-corrected chi connectivity index (χ0v) is 24.0. The quantitative estimate of drug-likeness (QED) is 0.418. The Morgan fingerprint density at radius 3 is 2.27 bits per heavy atom. The molecule has 1 aromatic carbocycles. The lowest BCUT2D eigenvalue weighted by Gasteiger charge is -2.46. The molecule has 1 aliphatic carbocycles. The molecular weight excluding hydrogens is 569 g/mol. The molecule has 1 N–H and O–H groups in total. The summed E-state index contributed by atoms with van der Waals surface area (Å²) in [6, 6.07) is 3.00. The SMILES string of the molecule is CC(C)CS(=O)(=O)C[C@H](c1nc2c(F)c(C3(C(=O)N4CC(F)(F)C4)CCOCC3)ccc2[nH]1)C1CCC(F)(F)CC1. The number of benzene rings is 1. The maximum absolute atomic E-state index is 16.3. The van der Waals surface area contributed by atoms with Crippen LogP contribution in [0, 0.1) is 17.7 Å². The van der Waals surface area contributed by atoms with E-state index in [9.17, 15) is 30.8 Å². The zero-order valence-electron chi connectivity index (χ0n) is 23.2. The van der Waals surface area contributed by atoms with E-state index in [1.54, 1.807) is 19.9 Å². The summed E-state index contributed by atoms with van der Waals surface area (Å²) in [6.07, 6.45) is -0.284. The van der Waals surface area contributed by atoms with Crippen LogP contribution in [0.3, 0.4) is 0 Å². The number of nitrogens with zero attached hydrogens (tertiary/aromatic N) is 2. The van der Waals surface area contributed by atoms with E-state index in [0.717, 1.165) is 4.90 Å². The molecule has 3 fully saturated rings. The molecule has 1 atom stereocenters. The number of aromatic amines is 1. The highest BCUT2D eigenvalue weighted by molar-refractivity contribution is 7.91. The molecule has 1 saturated carbocycles. The number of imidazole rings is 1. The minimum atomic E-state index is -3.58. The summed E-state index contributed by atoms with van der Waals surface area (Å²) in [5.74, 6) is -8.60. The van der Waals surface area contributed by atoms with Crippen LogP contribution in [-0.4, -0.2) is 78.8 Å². The number of hydrogen-bond acceptors (Lipinski definition) is 5. The minimum absolute atomic E-state index is 0.0351. The maximum Gasteiger partial charge on any atom is 0.282 e. The second-order valence-corrected chi connectivity index (χ2v) is 14.6. The number of hydrogen-bond donors (Lipinski definition) is 1. The Labute approximate surface area is 236 Å². The van der Waals surface area contributed by atoms with Gasteiger partial charge in [-0.05, 0) is 43.6 Å². The molecule has 13 heteroatoms. The standard InChI is InChI=1S/C28H36F5N3O4S/c1-17(2)13-41(38,39)14-19(18-5-7-27(30,31)8-6-18)24-34-21-4-3-20(22(29)23(21)35-24)26(9-11-40-12-10-26)25(37)36-15-28(32,33)16-36/h3-4,17-19H,5-16H2,1-2H3,(H,34,35)/t19-/m0/s1. The van der Waals surface area contributed by atoms with E-state index in [-0.39, 0.29) is 91.6 Å². The average molecular weight is 606 g/mol. The summed E-state index contributed by atoms with van der Waals surface area (Å²) in [7, 11) is -3.58. The Kier molecular flexibility index (Phi) is 7.93. The van der Waals surface area contributed by atoms with E-state index < -0.39 is 63.7 Å². The summed E-state index contributed by atoms with van der Waals surface area (Å²) in [4.78, 5) is 22.1. The Bertz CT molecular complexity index is 1390. The molecule has 1 aromatic heterocycles. The van der Waals surface area contributed by atoms with Gasteiger partial charge in [0.25, 0.3) is 5.92 Å². The second-order valence-electron chi connectivity index (χ2n) is 12.4. The van der Waals surface area contributed by atoms with Crippen molar-refractivity contribution in [1.82, 2.24) is 14.9 Å². The van der Waals surface area contributed by atoms with Crippen LogP contribution in [0.25, 0.3) is 11.0 Å². The van der Waals surface area contributed by atoms with Gasteiger partial charge < -0.3 is 14.6 Å². The molecule has 3 aliphatic rings. The smallest absolute Gasteiger partial charge is 0.282 e. The van der Waals surface area contributed by atoms with E-state index >= 15 is 4.39 Å². The number of rotatable bonds is 8. The number of amides is 1. The molecule has 1 amide bonds. The van der Waals surface area contributed by atoms with Crippen molar-refractivity contribution in [2.24, 2.45) is 11.8 Å². The maximum atomic E-state index is 16.3. The van der Waals surface area contributed by atoms with Crippen molar-refractivity contribution in [2.45, 2.75) is 75.6 Å². The molecule has 0 radical (unpaired) electrons. The molecule has 3 heterocycles. The summed E-state index contributed by atoms with van der Waals surface area (Å²) in [5.41, 5.74) is -1.19. The number of halogens is 5. The summed E-state index contributed by atoms with van der Waals surface area (Å²) in [6.45, 7) is 2.42. The van der Waals surface area contributed by atoms with Crippen LogP contribution in [0.1, 0.15) is 69.7 Å². The van der Waals surface area contributed by atoms with Gasteiger partial charge in [0.15, 0.2) is 15.7 Å². The molecule has 2 saturated heterocycles. The molecule has 0 spiro atoms. The van der Waals surface area contributed by atoms with Gasteiger partial charge in [0.2, 0.25) is 11.8 Å². The lowest BCUT2D eigenvalue weighted by Crippen LogP contribution is -2.63. The van der Waals surface area contributed by atoms with Gasteiger partial charge in [0, 0.05) is 37.5 Å². The molecule has 2 aliphatic heterocycles. The molecule has 2 aromatic rings. The number of likely N-dealkylation sites (tertiary alicyclic amines) is 1. The summed E-state index contributed by atoms with van der Waals surface area (Å²) in [5, 5.41) is 0. The third-order valence-electron chi connectivity index (χ3n) is 8.72. The van der Waals surface area contributed by atoms with Crippen LogP contribution < -0.4 is 0 Å². The van der Waals surface area contributed by atoms with Crippen LogP contribution in [-0.2, 0) is 24.8 Å². The molecular formula is C28H36F5N3O4S. The second kappa shape index (κ2) is 10.8. The lowest BCUT2D eigenvalue weighted by molar-refractivity contribution is -0.174. The number of carbonyl (C=O) groups is 1. The number of alkyl halides is 4. The van der Waals surface area contributed by atoms with Gasteiger partial charge in [-0.2, -0.15) is 0 Å². The number of nitrogens with one attached hydrogen (secondary N) is 1. The summed E-state index contributed by atoms with van der Waals surface area (Å²) < 4.78 is 103. The Balaban J connectivity index is 1.52. The van der Waals surface area contributed by atoms with Crippen LogP contribution in [0.15, 0.2) is 12.1 Å². The van der Waals surface area contributed by atoms with Gasteiger partial charge in [-0.15, -0.1) is 0 Å². The first-order valence-corrected chi connectivity index (χ1v) is 16.0. The fourth-order valence-corrected chi connectivity index (χ4v) is 8.76. The van der Waals surface area contributed by atoms with Crippen molar-refractivity contribution >= 4 is 26.8 Å². The van der Waals surface area contributed by atoms with E-state index in [0.29, 0.717) is 0 Å². The molecule has 0 unspecified atom stereocenters. The first kappa shape index (κ1) is 30.2. The molecule has 0 bridgehead atoms. The largest absolute Gasteiger partial charge is 0.381 e. The van der Waals surface area contributed by atoms with Crippen LogP contribution in [0.5, 0.6) is 0 Å². The molecule has 7 nitrogen and oxygen atoms in total. The van der Waals surface area contributed by atoms with Gasteiger partial charge in [-0.25, -0.2) is 35.4 Å². The first-order chi connectivity index (χ1) is 19.1. The predicted octanol–water partition coefficient (Wildman–Crippen LogP) is 5.21. The topological polar surface area (TPSA) is 92.4 Å². The van der Waals surface area contributed by atoms with Gasteiger partial charge in [-0.1, -0.05) is 19.9 Å². The van der Waals surface area contributed by atoms with Crippen molar-refractivity contribution in [3.05, 3.63) is 29.3 Å². The van der Waals surface area contributed by atoms with Crippen molar-refractivity contribution in [3.63, 3.8) is 0 Å². The zero-order chi connectivity index (χ0) is 29.8. The van der Waals surface area contributed by atoms with Crippen molar-refractivity contribution < 1.29 is 39.9 Å². The fourth-order valence-electron chi connectivity index (χ4n) is 6.64. The Hall–Kier alpha value is -2.28. The Morgan fingerprint density at radius 2 is 1.68 bits per heavy atom. The van der Waals surface area contributed by atoms with E-state index in [1.807, 2.05) is 0 Å². The van der Waals surface area contributed by atoms with Gasteiger partial charge in [0.05, 0.1) is 35.5 Å². The van der Waals surface area contributed by atoms with Crippen molar-refractivity contribution in [2.75, 3.05) is 37.8 Å². The predicted molar refractivity (Wildman–Crippen MR) is 142 cm³/mol. The third kappa shape index (κ3) is 6.11. The highest BCUT2D eigenvalue weighted by atomic mass is 32.2. The normalized spacial score (nSPS) is 23.5. The highest BCUT2D eigenvalue weighted by Crippen LogP contribution is 2.45. The fraction of sp³-hybridized carbons (Fsp3) is 0.714. The van der Waals surface area contributed by atoms with Gasteiger partial charge >= 0.3 is 0 Å². The van der Waals surface area contributed by atoms with Crippen LogP contribution in [0.2, 0.25) is 0 Å². The molecule has 228 valence electrons. The van der Waals surface area contributed by atoms with Crippen molar-refractivity contribution in [3.8, 4) is 0 Å². The van der Waals surface area contributed by atoms with Crippen LogP contribution in [0.4, 0.5) is 22.0 Å². The van der Waals surface area contributed by atoms with Gasteiger partial charge in [-0.3, -0.25) is 4.79 Å². The minimum Gasteiger partial charge on any atom is -0.381 e.